The van der Waals surface area contributed by atoms with Crippen molar-refractivity contribution in [1.82, 2.24) is 0 Å². The quantitative estimate of drug-likeness (QED) is 0.867. The van der Waals surface area contributed by atoms with Gasteiger partial charge in [-0.3, -0.25) is 4.79 Å². The predicted octanol–water partition coefficient (Wildman–Crippen LogP) is 3.43. The minimum atomic E-state index is -0.425. The van der Waals surface area contributed by atoms with Crippen molar-refractivity contribution in [3.05, 3.63) is 29.3 Å². The summed E-state index contributed by atoms with van der Waals surface area (Å²) in [6.07, 6.45) is 4.74. The van der Waals surface area contributed by atoms with Crippen LogP contribution >= 0.6 is 0 Å². The molecule has 3 heteroatoms. The van der Waals surface area contributed by atoms with Gasteiger partial charge in [-0.25, -0.2) is 0 Å². The van der Waals surface area contributed by atoms with E-state index < -0.39 is 6.10 Å². The molecule has 1 aromatic carbocycles. The number of rotatable bonds is 2. The van der Waals surface area contributed by atoms with E-state index in [0.29, 0.717) is 12.3 Å². The molecule has 0 aromatic heterocycles. The first-order valence-corrected chi connectivity index (χ1v) is 7.58. The summed E-state index contributed by atoms with van der Waals surface area (Å²) in [4.78, 5) is 11.4. The molecule has 1 aromatic rings. The van der Waals surface area contributed by atoms with Crippen LogP contribution in [0.15, 0.2) is 18.2 Å². The Kier molecular flexibility index (Phi) is 3.33. The number of benzene rings is 1. The van der Waals surface area contributed by atoms with Crippen LogP contribution in [0.25, 0.3) is 0 Å². The van der Waals surface area contributed by atoms with E-state index in [-0.39, 0.29) is 11.3 Å². The molecule has 0 saturated heterocycles. The fraction of sp³-hybridized carbons (Fsp3) is 0.588. The second-order valence-corrected chi connectivity index (χ2v) is 6.93. The Bertz CT molecular complexity index is 536. The van der Waals surface area contributed by atoms with Crippen LogP contribution in [0.1, 0.15) is 56.8 Å². The van der Waals surface area contributed by atoms with Gasteiger partial charge in [-0.05, 0) is 41.4 Å². The van der Waals surface area contributed by atoms with Gasteiger partial charge in [-0.2, -0.15) is 0 Å². The summed E-state index contributed by atoms with van der Waals surface area (Å²) in [6.45, 7) is 4.52. The van der Waals surface area contributed by atoms with Gasteiger partial charge in [0.1, 0.15) is 0 Å². The van der Waals surface area contributed by atoms with Crippen molar-refractivity contribution < 1.29 is 9.90 Å². The largest absolute Gasteiger partial charge is 0.388 e. The summed E-state index contributed by atoms with van der Waals surface area (Å²) in [7, 11) is 0. The van der Waals surface area contributed by atoms with Crippen LogP contribution < -0.4 is 5.32 Å². The summed E-state index contributed by atoms with van der Waals surface area (Å²) in [6, 6.07) is 5.89. The standard InChI is InChI=1S/C17H23NO2/c1-17(2)8-4-3-5-13(17)16(20)11-6-7-14-12(9-11)10-15(19)18-14/h6-7,9,13,16,20H,3-5,8,10H2,1-2H3,(H,18,19). The number of nitrogens with one attached hydrogen (secondary N) is 1. The van der Waals surface area contributed by atoms with Gasteiger partial charge >= 0.3 is 0 Å². The average Bonchev–Trinajstić information content (AvgIpc) is 2.76. The van der Waals surface area contributed by atoms with E-state index in [4.69, 9.17) is 0 Å². The third-order valence-electron chi connectivity index (χ3n) is 5.07. The van der Waals surface area contributed by atoms with Crippen molar-refractivity contribution >= 4 is 11.6 Å². The number of hydrogen-bond acceptors (Lipinski definition) is 2. The molecule has 2 aliphatic rings. The average molecular weight is 273 g/mol. The summed E-state index contributed by atoms with van der Waals surface area (Å²) in [5.74, 6) is 0.351. The first-order valence-electron chi connectivity index (χ1n) is 7.58. The van der Waals surface area contributed by atoms with Crippen LogP contribution in [-0.2, 0) is 11.2 Å². The third-order valence-corrected chi connectivity index (χ3v) is 5.07. The number of amides is 1. The highest BCUT2D eigenvalue weighted by Crippen LogP contribution is 2.47. The summed E-state index contributed by atoms with van der Waals surface area (Å²) in [5.41, 5.74) is 3.05. The zero-order valence-corrected chi connectivity index (χ0v) is 12.3. The van der Waals surface area contributed by atoms with E-state index >= 15 is 0 Å². The van der Waals surface area contributed by atoms with Crippen molar-refractivity contribution in [1.29, 1.82) is 0 Å². The van der Waals surface area contributed by atoms with Crippen LogP contribution in [-0.4, -0.2) is 11.0 Å². The van der Waals surface area contributed by atoms with Crippen LogP contribution in [0, 0.1) is 11.3 Å². The summed E-state index contributed by atoms with van der Waals surface area (Å²) >= 11 is 0. The lowest BCUT2D eigenvalue weighted by molar-refractivity contribution is -0.115. The molecule has 2 unspecified atom stereocenters. The first kappa shape index (κ1) is 13.6. The zero-order chi connectivity index (χ0) is 14.3. The van der Waals surface area contributed by atoms with Crippen molar-refractivity contribution in [2.24, 2.45) is 11.3 Å². The molecular formula is C17H23NO2. The molecule has 0 radical (unpaired) electrons. The molecule has 0 spiro atoms. The Morgan fingerprint density at radius 3 is 2.90 bits per heavy atom. The second kappa shape index (κ2) is 4.88. The number of carbonyl (C=O) groups is 1. The van der Waals surface area contributed by atoms with Crippen LogP contribution in [0.5, 0.6) is 0 Å². The Balaban J connectivity index is 1.86. The maximum Gasteiger partial charge on any atom is 0.228 e. The fourth-order valence-electron chi connectivity index (χ4n) is 3.77. The van der Waals surface area contributed by atoms with Crippen LogP contribution in [0.2, 0.25) is 0 Å². The van der Waals surface area contributed by atoms with Gasteiger partial charge in [0.25, 0.3) is 0 Å². The molecule has 0 bridgehead atoms. The number of aliphatic hydroxyl groups excluding tert-OH is 1. The molecule has 1 amide bonds. The molecule has 3 rings (SSSR count). The minimum Gasteiger partial charge on any atom is -0.388 e. The van der Waals surface area contributed by atoms with Gasteiger partial charge in [0.15, 0.2) is 0 Å². The molecule has 108 valence electrons. The van der Waals surface area contributed by atoms with Gasteiger partial charge < -0.3 is 10.4 Å². The smallest absolute Gasteiger partial charge is 0.228 e. The van der Waals surface area contributed by atoms with Gasteiger partial charge in [-0.15, -0.1) is 0 Å². The maximum atomic E-state index is 11.4. The van der Waals surface area contributed by atoms with E-state index in [1.54, 1.807) is 0 Å². The Morgan fingerprint density at radius 2 is 2.15 bits per heavy atom. The summed E-state index contributed by atoms with van der Waals surface area (Å²) < 4.78 is 0. The third kappa shape index (κ3) is 2.35. The molecule has 1 aliphatic carbocycles. The predicted molar refractivity (Wildman–Crippen MR) is 79.5 cm³/mol. The van der Waals surface area contributed by atoms with E-state index in [1.165, 1.54) is 19.3 Å². The Labute approximate surface area is 120 Å². The van der Waals surface area contributed by atoms with Gasteiger partial charge in [0.2, 0.25) is 5.91 Å². The normalized spacial score (nSPS) is 25.9. The molecular weight excluding hydrogens is 250 g/mol. The molecule has 1 saturated carbocycles. The van der Waals surface area contributed by atoms with Gasteiger partial charge in [-0.1, -0.05) is 38.8 Å². The number of carbonyl (C=O) groups excluding carboxylic acids is 1. The lowest BCUT2D eigenvalue weighted by atomic mass is 9.65. The number of fused-ring (bicyclic) bond motifs is 1. The minimum absolute atomic E-state index is 0.0460. The Morgan fingerprint density at radius 1 is 1.35 bits per heavy atom. The molecule has 1 aliphatic heterocycles. The summed E-state index contributed by atoms with van der Waals surface area (Å²) in [5, 5.41) is 13.6. The van der Waals surface area contributed by atoms with Crippen LogP contribution in [0.3, 0.4) is 0 Å². The molecule has 3 nitrogen and oxygen atoms in total. The Hall–Kier alpha value is -1.35. The number of hydrogen-bond donors (Lipinski definition) is 2. The van der Waals surface area contributed by atoms with E-state index in [1.807, 2.05) is 18.2 Å². The van der Waals surface area contributed by atoms with E-state index in [9.17, 15) is 9.90 Å². The first-order chi connectivity index (χ1) is 9.47. The topological polar surface area (TPSA) is 49.3 Å². The highest BCUT2D eigenvalue weighted by Gasteiger charge is 2.37. The van der Waals surface area contributed by atoms with Crippen molar-refractivity contribution in [2.45, 2.75) is 52.1 Å². The molecule has 20 heavy (non-hydrogen) atoms. The SMILES string of the molecule is CC1(C)CCCCC1C(O)c1ccc2c(c1)CC(=O)N2. The molecule has 1 heterocycles. The van der Waals surface area contributed by atoms with Gasteiger partial charge in [0, 0.05) is 5.69 Å². The molecule has 2 N–H and O–H groups in total. The van der Waals surface area contributed by atoms with E-state index in [2.05, 4.69) is 19.2 Å². The highest BCUT2D eigenvalue weighted by molar-refractivity contribution is 5.99. The second-order valence-electron chi connectivity index (χ2n) is 6.93. The van der Waals surface area contributed by atoms with Gasteiger partial charge in [0.05, 0.1) is 12.5 Å². The highest BCUT2D eigenvalue weighted by atomic mass is 16.3. The number of aliphatic hydroxyl groups is 1. The monoisotopic (exact) mass is 273 g/mol. The van der Waals surface area contributed by atoms with E-state index in [0.717, 1.165) is 23.2 Å². The molecule has 1 fully saturated rings. The maximum absolute atomic E-state index is 11.4. The zero-order valence-electron chi connectivity index (χ0n) is 12.3. The molecule has 2 atom stereocenters. The lowest BCUT2D eigenvalue weighted by Gasteiger charge is -2.41. The fourth-order valence-corrected chi connectivity index (χ4v) is 3.77. The van der Waals surface area contributed by atoms with Crippen molar-refractivity contribution in [3.63, 3.8) is 0 Å². The van der Waals surface area contributed by atoms with Crippen molar-refractivity contribution in [3.8, 4) is 0 Å². The van der Waals surface area contributed by atoms with Crippen LogP contribution in [0.4, 0.5) is 5.69 Å². The lowest BCUT2D eigenvalue weighted by Crippen LogP contribution is -2.32. The van der Waals surface area contributed by atoms with Crippen molar-refractivity contribution in [2.75, 3.05) is 5.32 Å². The number of anilines is 1.